The van der Waals surface area contributed by atoms with Crippen LogP contribution in [-0.2, 0) is 0 Å². The molecule has 0 saturated heterocycles. The highest BCUT2D eigenvalue weighted by molar-refractivity contribution is 6.19. The molecule has 0 radical (unpaired) electrons. The predicted octanol–water partition coefficient (Wildman–Crippen LogP) is 3.75. The van der Waals surface area contributed by atoms with Crippen LogP contribution in [0.5, 0.6) is 0 Å². The molecule has 0 unspecified atom stereocenters. The quantitative estimate of drug-likeness (QED) is 0.544. The van der Waals surface area contributed by atoms with Crippen molar-refractivity contribution in [2.75, 3.05) is 18.0 Å². The number of halogens is 1. The van der Waals surface area contributed by atoms with E-state index in [1.165, 1.54) is 16.8 Å². The maximum atomic E-state index is 5.82. The highest BCUT2D eigenvalue weighted by Gasteiger charge is 2.06. The predicted molar refractivity (Wildman–Crippen MR) is 64.4 cm³/mol. The largest absolute Gasteiger partial charge is 0.361 e. The minimum absolute atomic E-state index is 0.530. The van der Waals surface area contributed by atoms with Gasteiger partial charge in [0.2, 0.25) is 0 Å². The van der Waals surface area contributed by atoms with E-state index in [-0.39, 0.29) is 0 Å². The summed E-state index contributed by atoms with van der Waals surface area (Å²) in [6.07, 6.45) is 0. The Kier molecular flexibility index (Phi) is 3.82. The fourth-order valence-electron chi connectivity index (χ4n) is 1.46. The molecule has 0 atom stereocenters. The van der Waals surface area contributed by atoms with Crippen LogP contribution in [0.25, 0.3) is 0 Å². The lowest BCUT2D eigenvalue weighted by molar-refractivity contribution is 0.864. The van der Waals surface area contributed by atoms with Gasteiger partial charge in [0.1, 0.15) is 0 Å². The summed E-state index contributed by atoms with van der Waals surface area (Å²) < 4.78 is 0. The molecule has 0 heterocycles. The molecule has 0 bridgehead atoms. The summed E-state index contributed by atoms with van der Waals surface area (Å²) in [7, 11) is 2.01. The average molecular weight is 212 g/mol. The van der Waals surface area contributed by atoms with Gasteiger partial charge >= 0.3 is 0 Å². The van der Waals surface area contributed by atoms with Crippen molar-refractivity contribution in [1.82, 2.24) is 0 Å². The van der Waals surface area contributed by atoms with Gasteiger partial charge in [-0.3, -0.25) is 0 Å². The van der Waals surface area contributed by atoms with E-state index in [2.05, 4.69) is 43.9 Å². The summed E-state index contributed by atoms with van der Waals surface area (Å²) in [5.41, 5.74) is 3.87. The van der Waals surface area contributed by atoms with Gasteiger partial charge in [0, 0.05) is 12.7 Å². The molecular formula is C12H18ClN. The Morgan fingerprint density at radius 2 is 2.00 bits per heavy atom. The molecule has 0 fully saturated rings. The van der Waals surface area contributed by atoms with E-state index in [1.807, 2.05) is 7.05 Å². The van der Waals surface area contributed by atoms with Gasteiger partial charge < -0.3 is 4.90 Å². The highest BCUT2D eigenvalue weighted by atomic mass is 35.5. The van der Waals surface area contributed by atoms with Gasteiger partial charge in [0.15, 0.2) is 0 Å². The second-order valence-corrected chi connectivity index (χ2v) is 4.26. The maximum absolute atomic E-state index is 5.82. The van der Waals surface area contributed by atoms with Crippen molar-refractivity contribution in [3.05, 3.63) is 29.3 Å². The van der Waals surface area contributed by atoms with E-state index >= 15 is 0 Å². The van der Waals surface area contributed by atoms with Crippen LogP contribution in [0, 0.1) is 6.92 Å². The summed E-state index contributed by atoms with van der Waals surface area (Å²) in [4.78, 5) is 2.06. The molecule has 0 aliphatic rings. The van der Waals surface area contributed by atoms with E-state index in [9.17, 15) is 0 Å². The molecule has 14 heavy (non-hydrogen) atoms. The Bertz CT molecular complexity index is 307. The number of nitrogens with zero attached hydrogens (tertiary/aromatic N) is 1. The van der Waals surface area contributed by atoms with Gasteiger partial charge in [0.25, 0.3) is 0 Å². The first-order valence-electron chi connectivity index (χ1n) is 4.94. The molecule has 78 valence electrons. The van der Waals surface area contributed by atoms with E-state index < -0.39 is 0 Å². The first-order chi connectivity index (χ1) is 6.56. The lowest BCUT2D eigenvalue weighted by Crippen LogP contribution is -2.15. The molecule has 0 saturated carbocycles. The lowest BCUT2D eigenvalue weighted by Gasteiger charge is -2.20. The molecular weight excluding hydrogens is 194 g/mol. The zero-order chi connectivity index (χ0) is 10.7. The van der Waals surface area contributed by atoms with Crippen LogP contribution in [0.4, 0.5) is 5.69 Å². The number of hydrogen-bond acceptors (Lipinski definition) is 1. The third-order valence-corrected chi connectivity index (χ3v) is 2.85. The Morgan fingerprint density at radius 3 is 2.50 bits per heavy atom. The summed E-state index contributed by atoms with van der Waals surface area (Å²) in [5.74, 6) is 0.568. The minimum Gasteiger partial charge on any atom is -0.361 e. The summed E-state index contributed by atoms with van der Waals surface area (Å²) in [5, 5.41) is 0. The first kappa shape index (κ1) is 11.4. The van der Waals surface area contributed by atoms with Gasteiger partial charge in [-0.2, -0.15) is 0 Å². The monoisotopic (exact) mass is 211 g/mol. The molecule has 1 rings (SSSR count). The molecule has 0 spiro atoms. The zero-order valence-corrected chi connectivity index (χ0v) is 10.1. The number of rotatable bonds is 3. The van der Waals surface area contributed by atoms with Crippen LogP contribution >= 0.6 is 11.6 Å². The minimum atomic E-state index is 0.530. The molecule has 0 aliphatic carbocycles. The van der Waals surface area contributed by atoms with E-state index in [4.69, 9.17) is 11.6 Å². The van der Waals surface area contributed by atoms with Crippen LogP contribution in [0.1, 0.15) is 30.9 Å². The fraction of sp³-hybridized carbons (Fsp3) is 0.500. The van der Waals surface area contributed by atoms with Crippen LogP contribution in [0.3, 0.4) is 0 Å². The van der Waals surface area contributed by atoms with Crippen LogP contribution in [0.15, 0.2) is 18.2 Å². The number of benzene rings is 1. The van der Waals surface area contributed by atoms with Crippen molar-refractivity contribution >= 4 is 17.3 Å². The zero-order valence-electron chi connectivity index (χ0n) is 9.34. The maximum Gasteiger partial charge on any atom is 0.0925 e. The molecule has 0 N–H and O–H groups in total. The Morgan fingerprint density at radius 1 is 1.36 bits per heavy atom. The Hall–Kier alpha value is -0.690. The standard InChI is InChI=1S/C12H18ClN/c1-9(2)11-6-5-10(3)12(7-11)14(4)8-13/h5-7,9H,8H2,1-4H3. The fourth-order valence-corrected chi connectivity index (χ4v) is 1.59. The van der Waals surface area contributed by atoms with E-state index in [0.29, 0.717) is 11.9 Å². The van der Waals surface area contributed by atoms with Gasteiger partial charge in [0.05, 0.1) is 6.00 Å². The second-order valence-electron chi connectivity index (χ2n) is 4.02. The van der Waals surface area contributed by atoms with Crippen molar-refractivity contribution in [3.8, 4) is 0 Å². The van der Waals surface area contributed by atoms with Crippen molar-refractivity contribution in [2.45, 2.75) is 26.7 Å². The first-order valence-corrected chi connectivity index (χ1v) is 5.47. The van der Waals surface area contributed by atoms with Crippen molar-refractivity contribution in [3.63, 3.8) is 0 Å². The number of alkyl halides is 1. The number of aryl methyl sites for hydroxylation is 1. The molecule has 0 aromatic heterocycles. The van der Waals surface area contributed by atoms with Crippen molar-refractivity contribution in [1.29, 1.82) is 0 Å². The normalized spacial score (nSPS) is 10.7. The topological polar surface area (TPSA) is 3.24 Å². The van der Waals surface area contributed by atoms with Crippen molar-refractivity contribution < 1.29 is 0 Å². The molecule has 1 nitrogen and oxygen atoms in total. The van der Waals surface area contributed by atoms with Gasteiger partial charge in [-0.25, -0.2) is 0 Å². The summed E-state index contributed by atoms with van der Waals surface area (Å²) in [6, 6.07) is 7.10. The third-order valence-electron chi connectivity index (χ3n) is 2.49. The number of anilines is 1. The highest BCUT2D eigenvalue weighted by Crippen LogP contribution is 2.24. The summed E-state index contributed by atoms with van der Waals surface area (Å²) >= 11 is 5.82. The molecule has 1 aromatic rings. The molecule has 1 aromatic carbocycles. The van der Waals surface area contributed by atoms with E-state index in [1.54, 1.807) is 0 Å². The molecule has 0 amide bonds. The van der Waals surface area contributed by atoms with Crippen LogP contribution in [-0.4, -0.2) is 13.1 Å². The van der Waals surface area contributed by atoms with Crippen LogP contribution < -0.4 is 4.90 Å². The van der Waals surface area contributed by atoms with E-state index in [0.717, 1.165) is 0 Å². The number of hydrogen-bond donors (Lipinski definition) is 0. The lowest BCUT2D eigenvalue weighted by atomic mass is 10.0. The summed E-state index contributed by atoms with van der Waals surface area (Å²) in [6.45, 7) is 6.52. The Balaban J connectivity index is 3.08. The van der Waals surface area contributed by atoms with Crippen molar-refractivity contribution in [2.24, 2.45) is 0 Å². The average Bonchev–Trinajstić information content (AvgIpc) is 2.17. The Labute approximate surface area is 91.7 Å². The second kappa shape index (κ2) is 4.70. The smallest absolute Gasteiger partial charge is 0.0925 e. The van der Waals surface area contributed by atoms with Gasteiger partial charge in [-0.15, -0.1) is 11.6 Å². The SMILES string of the molecule is Cc1ccc(C(C)C)cc1N(C)CCl. The third kappa shape index (κ3) is 2.42. The molecule has 2 heteroatoms. The molecule has 0 aliphatic heterocycles. The van der Waals surface area contributed by atoms with Gasteiger partial charge in [-0.05, 0) is 30.0 Å². The van der Waals surface area contributed by atoms with Crippen LogP contribution in [0.2, 0.25) is 0 Å². The van der Waals surface area contributed by atoms with Gasteiger partial charge in [-0.1, -0.05) is 26.0 Å².